The SMILES string of the molecule is CC(=O)Nc1ccc(C(CCCO)(c2ccc(F)cc2)N(C)C)c(CO)c1. The van der Waals surface area contributed by atoms with Gasteiger partial charge in [-0.3, -0.25) is 9.69 Å². The van der Waals surface area contributed by atoms with Gasteiger partial charge in [-0.25, -0.2) is 4.39 Å². The maximum absolute atomic E-state index is 13.5. The Bertz CT molecular complexity index is 777. The van der Waals surface area contributed by atoms with Gasteiger partial charge >= 0.3 is 0 Å². The van der Waals surface area contributed by atoms with Gasteiger partial charge in [0, 0.05) is 19.2 Å². The number of carbonyl (C=O) groups excluding carboxylic acids is 1. The van der Waals surface area contributed by atoms with E-state index < -0.39 is 5.54 Å². The van der Waals surface area contributed by atoms with Gasteiger partial charge in [0.1, 0.15) is 5.82 Å². The molecule has 27 heavy (non-hydrogen) atoms. The van der Waals surface area contributed by atoms with Gasteiger partial charge < -0.3 is 15.5 Å². The fraction of sp³-hybridized carbons (Fsp3) is 0.381. The molecule has 2 aromatic rings. The monoisotopic (exact) mass is 374 g/mol. The highest BCUT2D eigenvalue weighted by atomic mass is 19.1. The molecule has 0 bridgehead atoms. The summed E-state index contributed by atoms with van der Waals surface area (Å²) >= 11 is 0. The predicted molar refractivity (Wildman–Crippen MR) is 104 cm³/mol. The number of nitrogens with one attached hydrogen (secondary N) is 1. The van der Waals surface area contributed by atoms with Crippen LogP contribution in [0.15, 0.2) is 42.5 Å². The van der Waals surface area contributed by atoms with E-state index in [4.69, 9.17) is 0 Å². The number of halogens is 1. The first-order chi connectivity index (χ1) is 12.8. The summed E-state index contributed by atoms with van der Waals surface area (Å²) in [4.78, 5) is 13.4. The Kier molecular flexibility index (Phi) is 7.07. The molecule has 0 aliphatic rings. The number of rotatable bonds is 8. The average molecular weight is 374 g/mol. The number of benzene rings is 2. The van der Waals surface area contributed by atoms with E-state index in [1.54, 1.807) is 24.3 Å². The molecule has 5 nitrogen and oxygen atoms in total. The third-order valence-electron chi connectivity index (χ3n) is 4.82. The van der Waals surface area contributed by atoms with E-state index in [1.807, 2.05) is 25.1 Å². The number of anilines is 1. The van der Waals surface area contributed by atoms with Gasteiger partial charge in [-0.15, -0.1) is 0 Å². The summed E-state index contributed by atoms with van der Waals surface area (Å²) in [6, 6.07) is 11.7. The van der Waals surface area contributed by atoms with Crippen LogP contribution in [0.3, 0.4) is 0 Å². The molecule has 146 valence electrons. The van der Waals surface area contributed by atoms with E-state index in [0.717, 1.165) is 11.1 Å². The number of hydrogen-bond acceptors (Lipinski definition) is 4. The maximum Gasteiger partial charge on any atom is 0.221 e. The molecule has 0 aliphatic carbocycles. The van der Waals surface area contributed by atoms with Crippen molar-refractivity contribution in [2.24, 2.45) is 0 Å². The normalized spacial score (nSPS) is 13.4. The molecule has 0 saturated carbocycles. The van der Waals surface area contributed by atoms with E-state index in [2.05, 4.69) is 5.32 Å². The molecule has 6 heteroatoms. The number of amides is 1. The average Bonchev–Trinajstić information content (AvgIpc) is 2.63. The Balaban J connectivity index is 2.68. The van der Waals surface area contributed by atoms with Crippen molar-refractivity contribution in [2.45, 2.75) is 31.9 Å². The first kappa shape index (κ1) is 21.0. The second kappa shape index (κ2) is 9.08. The minimum Gasteiger partial charge on any atom is -0.396 e. The van der Waals surface area contributed by atoms with Gasteiger partial charge in [-0.2, -0.15) is 0 Å². The van der Waals surface area contributed by atoms with Crippen LogP contribution < -0.4 is 5.32 Å². The van der Waals surface area contributed by atoms with Crippen molar-refractivity contribution in [1.82, 2.24) is 4.90 Å². The van der Waals surface area contributed by atoms with Crippen molar-refractivity contribution in [3.63, 3.8) is 0 Å². The highest BCUT2D eigenvalue weighted by molar-refractivity contribution is 5.88. The molecule has 0 saturated heterocycles. The lowest BCUT2D eigenvalue weighted by molar-refractivity contribution is -0.114. The summed E-state index contributed by atoms with van der Waals surface area (Å²) < 4.78 is 13.5. The molecule has 0 spiro atoms. The van der Waals surface area contributed by atoms with Gasteiger partial charge in [0.2, 0.25) is 5.91 Å². The molecule has 1 atom stereocenters. The van der Waals surface area contributed by atoms with Crippen LogP contribution in [0.4, 0.5) is 10.1 Å². The van der Waals surface area contributed by atoms with E-state index in [0.29, 0.717) is 24.1 Å². The molecule has 1 unspecified atom stereocenters. The van der Waals surface area contributed by atoms with Gasteiger partial charge in [0.25, 0.3) is 0 Å². The topological polar surface area (TPSA) is 72.8 Å². The Morgan fingerprint density at radius 2 is 1.81 bits per heavy atom. The molecule has 2 aromatic carbocycles. The molecule has 0 radical (unpaired) electrons. The predicted octanol–water partition coefficient (Wildman–Crippen LogP) is 2.85. The second-order valence-corrected chi connectivity index (χ2v) is 6.80. The van der Waals surface area contributed by atoms with Crippen LogP contribution in [0.5, 0.6) is 0 Å². The minimum absolute atomic E-state index is 0.0230. The van der Waals surface area contributed by atoms with Crippen molar-refractivity contribution >= 4 is 11.6 Å². The van der Waals surface area contributed by atoms with Crippen LogP contribution in [0.2, 0.25) is 0 Å². The van der Waals surface area contributed by atoms with E-state index >= 15 is 0 Å². The zero-order chi connectivity index (χ0) is 20.0. The maximum atomic E-state index is 13.5. The Morgan fingerprint density at radius 3 is 2.33 bits per heavy atom. The summed E-state index contributed by atoms with van der Waals surface area (Å²) in [5.74, 6) is -0.513. The summed E-state index contributed by atoms with van der Waals surface area (Å²) in [6.07, 6.45) is 1.11. The minimum atomic E-state index is -0.663. The Labute approximate surface area is 159 Å². The van der Waals surface area contributed by atoms with Crippen LogP contribution in [-0.4, -0.2) is 41.7 Å². The van der Waals surface area contributed by atoms with Crippen LogP contribution in [0, 0.1) is 5.82 Å². The number of hydrogen-bond donors (Lipinski definition) is 3. The standard InChI is InChI=1S/C21H27FN2O3/c1-15(27)23-19-9-10-20(16(13-19)14-26)21(24(2)3,11-4-12-25)17-5-7-18(22)8-6-17/h5-10,13,25-26H,4,11-12,14H2,1-3H3,(H,23,27). The highest BCUT2D eigenvalue weighted by Crippen LogP contribution is 2.41. The lowest BCUT2D eigenvalue weighted by Crippen LogP contribution is -2.43. The van der Waals surface area contributed by atoms with E-state index in [1.165, 1.54) is 19.1 Å². The summed E-state index contributed by atoms with van der Waals surface area (Å²) in [6.45, 7) is 1.24. The summed E-state index contributed by atoms with van der Waals surface area (Å²) in [5, 5.41) is 22.2. The van der Waals surface area contributed by atoms with Crippen molar-refractivity contribution < 1.29 is 19.4 Å². The highest BCUT2D eigenvalue weighted by Gasteiger charge is 2.38. The molecule has 2 rings (SSSR count). The van der Waals surface area contributed by atoms with Crippen LogP contribution in [0.25, 0.3) is 0 Å². The zero-order valence-electron chi connectivity index (χ0n) is 16.0. The fourth-order valence-corrected chi connectivity index (χ4v) is 3.63. The van der Waals surface area contributed by atoms with E-state index in [9.17, 15) is 19.4 Å². The molecule has 0 aliphatic heterocycles. The Morgan fingerprint density at radius 1 is 1.15 bits per heavy atom. The molecular formula is C21H27FN2O3. The number of nitrogens with zero attached hydrogens (tertiary/aromatic N) is 1. The number of carbonyl (C=O) groups is 1. The van der Waals surface area contributed by atoms with Crippen LogP contribution in [0.1, 0.15) is 36.5 Å². The van der Waals surface area contributed by atoms with Crippen molar-refractivity contribution in [3.8, 4) is 0 Å². The van der Waals surface area contributed by atoms with E-state index in [-0.39, 0.29) is 24.9 Å². The number of aliphatic hydroxyl groups excluding tert-OH is 2. The van der Waals surface area contributed by atoms with Crippen LogP contribution >= 0.6 is 0 Å². The molecule has 0 fully saturated rings. The summed E-state index contributed by atoms with van der Waals surface area (Å²) in [5.41, 5.74) is 2.32. The van der Waals surface area contributed by atoms with Gasteiger partial charge in [-0.1, -0.05) is 18.2 Å². The lowest BCUT2D eigenvalue weighted by Gasteiger charge is -2.42. The molecule has 0 aromatic heterocycles. The fourth-order valence-electron chi connectivity index (χ4n) is 3.63. The van der Waals surface area contributed by atoms with Crippen molar-refractivity contribution in [1.29, 1.82) is 0 Å². The molecule has 3 N–H and O–H groups in total. The number of aliphatic hydroxyl groups is 2. The second-order valence-electron chi connectivity index (χ2n) is 6.80. The molecular weight excluding hydrogens is 347 g/mol. The van der Waals surface area contributed by atoms with Crippen molar-refractivity contribution in [2.75, 3.05) is 26.0 Å². The zero-order valence-corrected chi connectivity index (χ0v) is 16.0. The summed E-state index contributed by atoms with van der Waals surface area (Å²) in [7, 11) is 3.84. The molecule has 0 heterocycles. The van der Waals surface area contributed by atoms with Gasteiger partial charge in [0.15, 0.2) is 0 Å². The molecule has 1 amide bonds. The first-order valence-electron chi connectivity index (χ1n) is 8.91. The third kappa shape index (κ3) is 4.53. The lowest BCUT2D eigenvalue weighted by atomic mass is 9.76. The first-order valence-corrected chi connectivity index (χ1v) is 8.91. The Hall–Kier alpha value is -2.28. The van der Waals surface area contributed by atoms with Gasteiger partial charge in [0.05, 0.1) is 12.1 Å². The quantitative estimate of drug-likeness (QED) is 0.664. The third-order valence-corrected chi connectivity index (χ3v) is 4.82. The van der Waals surface area contributed by atoms with Crippen LogP contribution in [-0.2, 0) is 16.9 Å². The van der Waals surface area contributed by atoms with Crippen molar-refractivity contribution in [3.05, 3.63) is 65.0 Å². The largest absolute Gasteiger partial charge is 0.396 e. The smallest absolute Gasteiger partial charge is 0.221 e. The van der Waals surface area contributed by atoms with Gasteiger partial charge in [-0.05, 0) is 67.9 Å².